The van der Waals surface area contributed by atoms with Gasteiger partial charge in [-0.15, -0.1) is 0 Å². The molecular weight excluding hydrogens is 362 g/mol. The first-order valence-electron chi connectivity index (χ1n) is 11.6. The predicted octanol–water partition coefficient (Wildman–Crippen LogP) is 7.79. The van der Waals surface area contributed by atoms with Crippen molar-refractivity contribution in [3.63, 3.8) is 0 Å². The van der Waals surface area contributed by atoms with E-state index in [1.54, 1.807) is 5.57 Å². The Morgan fingerprint density at radius 3 is 2.57 bits per heavy atom. The summed E-state index contributed by atoms with van der Waals surface area (Å²) in [6.07, 6.45) is 29.2. The molecule has 0 fully saturated rings. The van der Waals surface area contributed by atoms with Gasteiger partial charge in [0, 0.05) is 11.5 Å². The van der Waals surface area contributed by atoms with Gasteiger partial charge in [0.15, 0.2) is 0 Å². The fourth-order valence-corrected chi connectivity index (χ4v) is 4.30. The molecule has 0 aromatic carbocycles. The second kappa shape index (κ2) is 11.9. The number of rotatable bonds is 11. The Hall–Kier alpha value is -2.12. The minimum Gasteiger partial charge on any atom is -0.308 e. The summed E-state index contributed by atoms with van der Waals surface area (Å²) in [6, 6.07) is 0. The van der Waals surface area contributed by atoms with Gasteiger partial charge in [-0.2, -0.15) is 0 Å². The Morgan fingerprint density at radius 1 is 1.23 bits per heavy atom. The van der Waals surface area contributed by atoms with E-state index in [4.69, 9.17) is 0 Å². The third-order valence-electron chi connectivity index (χ3n) is 6.32. The van der Waals surface area contributed by atoms with Gasteiger partial charge in [-0.1, -0.05) is 111 Å². The van der Waals surface area contributed by atoms with Crippen molar-refractivity contribution in [2.75, 3.05) is 6.54 Å². The number of nitrogens with one attached hydrogen (secondary N) is 1. The van der Waals surface area contributed by atoms with E-state index in [-0.39, 0.29) is 5.54 Å². The highest BCUT2D eigenvalue weighted by atomic mass is 15.0. The second-order valence-electron chi connectivity index (χ2n) is 8.73. The zero-order chi connectivity index (χ0) is 22.0. The Labute approximate surface area is 185 Å². The zero-order valence-electron chi connectivity index (χ0n) is 19.7. The Morgan fingerprint density at radius 2 is 2.03 bits per heavy atom. The lowest BCUT2D eigenvalue weighted by Crippen LogP contribution is -2.54. The average molecular weight is 404 g/mol. The van der Waals surface area contributed by atoms with E-state index < -0.39 is 0 Å². The lowest BCUT2D eigenvalue weighted by Gasteiger charge is -2.45. The van der Waals surface area contributed by atoms with Gasteiger partial charge in [-0.3, -0.25) is 0 Å². The van der Waals surface area contributed by atoms with Gasteiger partial charge >= 0.3 is 0 Å². The molecule has 0 heterocycles. The van der Waals surface area contributed by atoms with Crippen LogP contribution in [0.15, 0.2) is 95.7 Å². The van der Waals surface area contributed by atoms with Crippen LogP contribution in [-0.2, 0) is 0 Å². The van der Waals surface area contributed by atoms with Crippen LogP contribution in [0, 0.1) is 11.8 Å². The molecule has 1 nitrogen and oxygen atoms in total. The van der Waals surface area contributed by atoms with Crippen LogP contribution >= 0.6 is 0 Å². The number of hydrogen-bond donors (Lipinski definition) is 1. The lowest BCUT2D eigenvalue weighted by molar-refractivity contribution is 0.257. The smallest absolute Gasteiger partial charge is 0.0433 e. The Bertz CT molecular complexity index is 796. The van der Waals surface area contributed by atoms with E-state index in [9.17, 15) is 0 Å². The largest absolute Gasteiger partial charge is 0.308 e. The number of likely N-dealkylation sites (N-methyl/N-ethyl adjacent to an activating group) is 1. The summed E-state index contributed by atoms with van der Waals surface area (Å²) >= 11 is 0. The first-order chi connectivity index (χ1) is 14.4. The molecule has 1 heteroatoms. The molecule has 30 heavy (non-hydrogen) atoms. The van der Waals surface area contributed by atoms with Crippen molar-refractivity contribution in [3.05, 3.63) is 95.7 Å². The van der Waals surface area contributed by atoms with Crippen LogP contribution in [-0.4, -0.2) is 12.1 Å². The van der Waals surface area contributed by atoms with Crippen LogP contribution < -0.4 is 5.32 Å². The molecule has 2 aliphatic carbocycles. The topological polar surface area (TPSA) is 12.0 Å². The van der Waals surface area contributed by atoms with Crippen molar-refractivity contribution in [2.24, 2.45) is 11.8 Å². The molecule has 0 aliphatic heterocycles. The highest BCUT2D eigenvalue weighted by Crippen LogP contribution is 2.40. The fraction of sp³-hybridized carbons (Fsp3) is 0.448. The Balaban J connectivity index is 2.29. The maximum atomic E-state index is 3.91. The molecule has 3 atom stereocenters. The second-order valence-corrected chi connectivity index (χ2v) is 8.73. The van der Waals surface area contributed by atoms with E-state index in [1.807, 2.05) is 6.08 Å². The molecule has 0 aromatic rings. The van der Waals surface area contributed by atoms with Gasteiger partial charge in [0.1, 0.15) is 0 Å². The molecule has 2 rings (SSSR count). The maximum Gasteiger partial charge on any atom is 0.0433 e. The zero-order valence-corrected chi connectivity index (χ0v) is 19.7. The molecule has 0 amide bonds. The van der Waals surface area contributed by atoms with Crippen molar-refractivity contribution in [2.45, 2.75) is 65.8 Å². The molecule has 1 unspecified atom stereocenters. The fourth-order valence-electron chi connectivity index (χ4n) is 4.30. The Kier molecular flexibility index (Phi) is 9.59. The van der Waals surface area contributed by atoms with Crippen LogP contribution in [0.3, 0.4) is 0 Å². The highest BCUT2D eigenvalue weighted by molar-refractivity contribution is 5.39. The van der Waals surface area contributed by atoms with Crippen molar-refractivity contribution >= 4 is 0 Å². The number of allylic oxidation sites excluding steroid dienone is 13. The summed E-state index contributed by atoms with van der Waals surface area (Å²) < 4.78 is 0. The molecule has 1 N–H and O–H groups in total. The van der Waals surface area contributed by atoms with Crippen LogP contribution in [0.4, 0.5) is 0 Å². The predicted molar refractivity (Wildman–Crippen MR) is 135 cm³/mol. The van der Waals surface area contributed by atoms with Crippen molar-refractivity contribution in [3.8, 4) is 0 Å². The quantitative estimate of drug-likeness (QED) is 0.274. The van der Waals surface area contributed by atoms with Crippen molar-refractivity contribution in [1.82, 2.24) is 5.32 Å². The average Bonchev–Trinajstić information content (AvgIpc) is 2.73. The molecule has 162 valence electrons. The van der Waals surface area contributed by atoms with E-state index >= 15 is 0 Å². The minimum atomic E-state index is 0.111. The normalized spacial score (nSPS) is 26.0. The van der Waals surface area contributed by atoms with Gasteiger partial charge in [0.25, 0.3) is 0 Å². The molecule has 0 radical (unpaired) electrons. The monoisotopic (exact) mass is 403 g/mol. The van der Waals surface area contributed by atoms with E-state index in [2.05, 4.69) is 107 Å². The van der Waals surface area contributed by atoms with Gasteiger partial charge in [-0.05, 0) is 57.6 Å². The van der Waals surface area contributed by atoms with Crippen LogP contribution in [0.5, 0.6) is 0 Å². The number of hydrogen-bond acceptors (Lipinski definition) is 1. The third-order valence-corrected chi connectivity index (χ3v) is 6.32. The maximum absolute atomic E-state index is 3.91. The minimum absolute atomic E-state index is 0.111. The molecule has 0 aromatic heterocycles. The van der Waals surface area contributed by atoms with E-state index in [0.717, 1.165) is 25.8 Å². The van der Waals surface area contributed by atoms with Crippen LogP contribution in [0.2, 0.25) is 0 Å². The summed E-state index contributed by atoms with van der Waals surface area (Å²) in [5, 5.41) is 3.77. The molecule has 2 aliphatic rings. The first kappa shape index (κ1) is 24.2. The first-order valence-corrected chi connectivity index (χ1v) is 11.6. The summed E-state index contributed by atoms with van der Waals surface area (Å²) in [7, 11) is 0. The van der Waals surface area contributed by atoms with E-state index in [0.29, 0.717) is 11.8 Å². The molecule has 0 spiro atoms. The van der Waals surface area contributed by atoms with E-state index in [1.165, 1.54) is 23.1 Å². The highest BCUT2D eigenvalue weighted by Gasteiger charge is 2.39. The summed E-state index contributed by atoms with van der Waals surface area (Å²) in [5.41, 5.74) is 5.63. The lowest BCUT2D eigenvalue weighted by atomic mass is 9.68. The summed E-state index contributed by atoms with van der Waals surface area (Å²) in [4.78, 5) is 0. The molecule has 0 saturated heterocycles. The molecular formula is C29H41N. The summed E-state index contributed by atoms with van der Waals surface area (Å²) in [5.74, 6) is 0.995. The van der Waals surface area contributed by atoms with Crippen LogP contribution in [0.25, 0.3) is 0 Å². The SMILES string of the molecule is C=C/C=C(C=CC(C[C@@]1(NCC)C=C[C@@H]1C)C1=CC=C(C)CC1)/C=C\C(C)=C/CC. The van der Waals surface area contributed by atoms with Gasteiger partial charge < -0.3 is 5.32 Å². The van der Waals surface area contributed by atoms with Crippen molar-refractivity contribution in [1.29, 1.82) is 0 Å². The molecule has 0 bridgehead atoms. The van der Waals surface area contributed by atoms with Crippen LogP contribution in [0.1, 0.15) is 60.3 Å². The molecule has 0 saturated carbocycles. The van der Waals surface area contributed by atoms with Gasteiger partial charge in [0.05, 0.1) is 0 Å². The summed E-state index contributed by atoms with van der Waals surface area (Å²) in [6.45, 7) is 16.0. The van der Waals surface area contributed by atoms with Gasteiger partial charge in [-0.25, -0.2) is 0 Å². The standard InChI is InChI=1S/C29H41N/c1-7-10-23(4)12-15-26(11-8-2)16-19-28(27-17-13-24(5)14-18-27)22-29(30-9-3)21-20-25(29)6/h8,10-13,15-17,19-21,25,28,30H,2,7,9,14,18,22H2,1,3-6H3/b15-12-,19-16?,23-10-,26-11-/t25-,28?,29-/m0/s1. The van der Waals surface area contributed by atoms with Crippen molar-refractivity contribution < 1.29 is 0 Å². The van der Waals surface area contributed by atoms with Gasteiger partial charge in [0.2, 0.25) is 0 Å². The third kappa shape index (κ3) is 6.71.